The molecule has 0 spiro atoms. The summed E-state index contributed by atoms with van der Waals surface area (Å²) in [5.41, 5.74) is 34.5. The Hall–Kier alpha value is -8.15. The van der Waals surface area contributed by atoms with Crippen molar-refractivity contribution in [3.8, 4) is 5.75 Å². The second-order valence-electron chi connectivity index (χ2n) is 21.0. The van der Waals surface area contributed by atoms with E-state index in [-0.39, 0.29) is 94.6 Å². The summed E-state index contributed by atoms with van der Waals surface area (Å²) in [6, 6.07) is 1.19. The predicted octanol–water partition coefficient (Wildman–Crippen LogP) is -3.83. The Bertz CT molecular complexity index is 2500. The van der Waals surface area contributed by atoms with E-state index in [0.717, 1.165) is 0 Å². The molecule has 0 aliphatic heterocycles. The van der Waals surface area contributed by atoms with Gasteiger partial charge in [-0.3, -0.25) is 48.3 Å². The summed E-state index contributed by atoms with van der Waals surface area (Å²) in [6.07, 6.45) is -0.454. The molecule has 24 N–H and O–H groups in total. The molecule has 0 saturated heterocycles. The van der Waals surface area contributed by atoms with Crippen molar-refractivity contribution in [2.24, 2.45) is 56.2 Å². The fourth-order valence-electron chi connectivity index (χ4n) is 8.40. The molecule has 84 heavy (non-hydrogen) atoms. The molecule has 468 valence electrons. The molecule has 0 bridgehead atoms. The van der Waals surface area contributed by atoms with Crippen molar-refractivity contribution in [2.75, 3.05) is 26.2 Å². The number of carbonyl (C=O) groups excluding carboxylic acids is 8. The number of carbonyl (C=O) groups is 9. The second-order valence-corrected chi connectivity index (χ2v) is 21.0. The highest BCUT2D eigenvalue weighted by Crippen LogP contribution is 2.15. The Morgan fingerprint density at radius 3 is 1.35 bits per heavy atom. The Morgan fingerprint density at radius 2 is 0.929 bits per heavy atom. The lowest BCUT2D eigenvalue weighted by Crippen LogP contribution is -2.62. The monoisotopic (exact) mass is 1180 g/mol. The van der Waals surface area contributed by atoms with Crippen molar-refractivity contribution in [3.05, 3.63) is 65.7 Å². The van der Waals surface area contributed by atoms with E-state index in [0.29, 0.717) is 30.4 Å². The number of aliphatic hydroxyl groups excluding tert-OH is 2. The van der Waals surface area contributed by atoms with Crippen LogP contribution in [0.3, 0.4) is 0 Å². The summed E-state index contributed by atoms with van der Waals surface area (Å²) in [7, 11) is 0. The first-order valence-corrected chi connectivity index (χ1v) is 28.0. The molecule has 2 aromatic rings. The number of aliphatic carboxylic acids is 1. The summed E-state index contributed by atoms with van der Waals surface area (Å²) >= 11 is 0. The van der Waals surface area contributed by atoms with Gasteiger partial charge in [-0.05, 0) is 99.9 Å². The predicted molar refractivity (Wildman–Crippen MR) is 313 cm³/mol. The number of amides is 8. The number of nitrogens with zero attached hydrogens (tertiary/aromatic N) is 2. The number of phenolic OH excluding ortho intramolecular Hbond substituents is 1. The van der Waals surface area contributed by atoms with Crippen molar-refractivity contribution >= 4 is 65.1 Å². The van der Waals surface area contributed by atoms with Crippen molar-refractivity contribution < 1.29 is 63.6 Å². The molecular formula is C55H90N16O13. The SMILES string of the molecule is CC[C@H](C)[C@H](NC(=O)[C@@H](N)[C@@H](C)O)C(=O)N[C@@H](CCCN=C(N)N)C(=O)N[C@@H](CO)C(=O)N[C@@H](Cc1ccccc1)C(=O)N[C@@H](Cc1ccc(O)cc1)C(=O)N[C@@H](CCCCN)C(=O)N[C@@H](CCCN=C(N)N)C(=O)N[C@@H](CC(C)C)C(=O)O. The van der Waals surface area contributed by atoms with Gasteiger partial charge in [0.05, 0.1) is 12.7 Å². The summed E-state index contributed by atoms with van der Waals surface area (Å²) in [5.74, 6) is -9.68. The quantitative estimate of drug-likeness (QED) is 0.0173. The Labute approximate surface area is 489 Å². The molecule has 29 nitrogen and oxygen atoms in total. The zero-order chi connectivity index (χ0) is 63.1. The van der Waals surface area contributed by atoms with Gasteiger partial charge in [0.2, 0.25) is 47.3 Å². The zero-order valence-corrected chi connectivity index (χ0v) is 48.6. The van der Waals surface area contributed by atoms with E-state index in [4.69, 9.17) is 34.4 Å². The third-order valence-electron chi connectivity index (χ3n) is 13.4. The number of hydrogen-bond acceptors (Lipinski definition) is 16. The first-order chi connectivity index (χ1) is 39.7. The number of carboxylic acid groups (broad SMARTS) is 1. The number of benzene rings is 2. The summed E-state index contributed by atoms with van der Waals surface area (Å²) in [4.78, 5) is 133. The van der Waals surface area contributed by atoms with E-state index < -0.39 is 126 Å². The number of unbranched alkanes of at least 4 members (excludes halogenated alkanes) is 1. The van der Waals surface area contributed by atoms with Crippen molar-refractivity contribution in [3.63, 3.8) is 0 Å². The van der Waals surface area contributed by atoms with Gasteiger partial charge in [-0.25, -0.2) is 4.79 Å². The van der Waals surface area contributed by atoms with E-state index in [1.807, 2.05) is 0 Å². The molecule has 0 radical (unpaired) electrons. The van der Waals surface area contributed by atoms with Crippen LogP contribution in [0.25, 0.3) is 0 Å². The average molecular weight is 1180 g/mol. The lowest BCUT2D eigenvalue weighted by atomic mass is 9.97. The molecule has 0 aliphatic carbocycles. The van der Waals surface area contributed by atoms with Gasteiger partial charge in [0.1, 0.15) is 60.1 Å². The van der Waals surface area contributed by atoms with Gasteiger partial charge in [-0.15, -0.1) is 0 Å². The van der Waals surface area contributed by atoms with E-state index in [1.54, 1.807) is 58.0 Å². The molecule has 0 heterocycles. The number of nitrogens with two attached hydrogens (primary N) is 6. The number of aromatic hydroxyl groups is 1. The molecule has 0 aliphatic rings. The lowest BCUT2D eigenvalue weighted by Gasteiger charge is -2.29. The molecule has 0 fully saturated rings. The number of nitrogens with one attached hydrogen (secondary N) is 8. The van der Waals surface area contributed by atoms with Gasteiger partial charge in [0, 0.05) is 25.9 Å². The van der Waals surface area contributed by atoms with Gasteiger partial charge < -0.3 is 97.4 Å². The Balaban J connectivity index is 2.60. The van der Waals surface area contributed by atoms with Gasteiger partial charge in [0.25, 0.3) is 0 Å². The summed E-state index contributed by atoms with van der Waals surface area (Å²) < 4.78 is 0. The highest BCUT2D eigenvalue weighted by atomic mass is 16.4. The van der Waals surface area contributed by atoms with Crippen LogP contribution in [0.5, 0.6) is 5.75 Å². The molecule has 2 aromatic carbocycles. The fourth-order valence-corrected chi connectivity index (χ4v) is 8.40. The summed E-state index contributed by atoms with van der Waals surface area (Å²) in [6.45, 7) is 7.55. The van der Waals surface area contributed by atoms with Crippen LogP contribution in [0.1, 0.15) is 104 Å². The first-order valence-electron chi connectivity index (χ1n) is 28.0. The average Bonchev–Trinajstić information content (AvgIpc) is 3.54. The zero-order valence-electron chi connectivity index (χ0n) is 48.6. The van der Waals surface area contributed by atoms with Gasteiger partial charge in [-0.2, -0.15) is 0 Å². The molecule has 8 amide bonds. The summed E-state index contributed by atoms with van der Waals surface area (Å²) in [5, 5.41) is 61.2. The van der Waals surface area contributed by atoms with Crippen LogP contribution in [0, 0.1) is 11.8 Å². The Kier molecular flexibility index (Phi) is 32.4. The highest BCUT2D eigenvalue weighted by Gasteiger charge is 2.36. The maximum Gasteiger partial charge on any atom is 0.326 e. The normalized spacial score (nSPS) is 15.0. The Morgan fingerprint density at radius 1 is 0.524 bits per heavy atom. The van der Waals surface area contributed by atoms with Crippen molar-refractivity contribution in [2.45, 2.75) is 166 Å². The van der Waals surface area contributed by atoms with Crippen LogP contribution in [0.15, 0.2) is 64.6 Å². The largest absolute Gasteiger partial charge is 0.508 e. The standard InChI is InChI=1S/C55H90N16O13/c1-6-31(4)44(71-51(81)43(57)32(5)73)52(82)66-38(18-13-25-63-55(60)61)47(77)70-42(29-72)50(80)68-39(27-33-14-8-7-9-15-33)49(79)67-40(28-34-19-21-35(74)22-20-34)48(78)65-36(16-10-11-23-56)45(75)64-37(17-12-24-62-54(58)59)46(76)69-41(53(83)84)26-30(2)3/h7-9,14-15,19-22,30-32,36-44,72-74H,6,10-13,16-18,23-29,56-57H2,1-5H3,(H,64,75)(H,65,78)(H,66,82)(H,67,79)(H,68,80)(H,69,76)(H,70,77)(H,71,81)(H,83,84)(H4,58,59,62)(H4,60,61,63)/t31-,32+,36-,37-,38-,39-,40-,41-,42-,43-,44-/m0/s1. The fraction of sp³-hybridized carbons (Fsp3) is 0.582. The minimum atomic E-state index is -1.76. The number of aliphatic imine (C=N–C) groups is 2. The molecule has 0 saturated carbocycles. The smallest absolute Gasteiger partial charge is 0.326 e. The molecule has 0 aromatic heterocycles. The highest BCUT2D eigenvalue weighted by molar-refractivity contribution is 5.98. The minimum absolute atomic E-state index is 0.0159. The minimum Gasteiger partial charge on any atom is -0.508 e. The van der Waals surface area contributed by atoms with Crippen LogP contribution in [0.4, 0.5) is 0 Å². The van der Waals surface area contributed by atoms with Gasteiger partial charge in [0.15, 0.2) is 11.9 Å². The maximum absolute atomic E-state index is 14.7. The van der Waals surface area contributed by atoms with E-state index >= 15 is 0 Å². The lowest BCUT2D eigenvalue weighted by molar-refractivity contribution is -0.143. The van der Waals surface area contributed by atoms with E-state index in [9.17, 15) is 63.6 Å². The number of rotatable bonds is 39. The molecule has 2 rings (SSSR count). The van der Waals surface area contributed by atoms with Crippen LogP contribution in [-0.4, -0.2) is 172 Å². The van der Waals surface area contributed by atoms with E-state index in [1.165, 1.54) is 31.2 Å². The molecule has 11 atom stereocenters. The van der Waals surface area contributed by atoms with Crippen molar-refractivity contribution in [1.82, 2.24) is 42.5 Å². The first kappa shape index (κ1) is 72.0. The van der Waals surface area contributed by atoms with Crippen LogP contribution >= 0.6 is 0 Å². The van der Waals surface area contributed by atoms with Crippen molar-refractivity contribution in [1.29, 1.82) is 0 Å². The number of hydrogen-bond donors (Lipinski definition) is 18. The molecular weight excluding hydrogens is 1090 g/mol. The third kappa shape index (κ3) is 26.8. The van der Waals surface area contributed by atoms with Crippen LogP contribution in [0.2, 0.25) is 0 Å². The number of carboxylic acids is 1. The van der Waals surface area contributed by atoms with Crippen LogP contribution in [-0.2, 0) is 56.0 Å². The molecule has 29 heteroatoms. The molecule has 0 unspecified atom stereocenters. The van der Waals surface area contributed by atoms with Gasteiger partial charge >= 0.3 is 5.97 Å². The maximum atomic E-state index is 14.7. The second kappa shape index (κ2) is 37.9. The number of guanidine groups is 2. The van der Waals surface area contributed by atoms with E-state index in [2.05, 4.69) is 52.5 Å². The van der Waals surface area contributed by atoms with Crippen LogP contribution < -0.4 is 76.9 Å². The third-order valence-corrected chi connectivity index (χ3v) is 13.4. The van der Waals surface area contributed by atoms with Gasteiger partial charge in [-0.1, -0.05) is 76.6 Å². The number of aliphatic hydroxyl groups is 2. The topological polar surface area (TPSA) is 512 Å². The number of phenols is 1.